The van der Waals surface area contributed by atoms with Crippen LogP contribution in [0.3, 0.4) is 0 Å². The van der Waals surface area contributed by atoms with Crippen molar-refractivity contribution >= 4 is 34.3 Å². The number of piperidine rings is 1. The van der Waals surface area contributed by atoms with E-state index in [1.807, 2.05) is 35.6 Å². The summed E-state index contributed by atoms with van der Waals surface area (Å²) < 4.78 is 3.67. The average molecular weight is 456 g/mol. The summed E-state index contributed by atoms with van der Waals surface area (Å²) in [6.45, 7) is 9.82. The van der Waals surface area contributed by atoms with Crippen LogP contribution in [-0.2, 0) is 11.3 Å². The minimum atomic E-state index is -0.274. The lowest BCUT2D eigenvalue weighted by Gasteiger charge is -2.36. The molecule has 2 unspecified atom stereocenters. The lowest BCUT2D eigenvalue weighted by Crippen LogP contribution is -2.46. The summed E-state index contributed by atoms with van der Waals surface area (Å²) in [6, 6.07) is 7.91. The number of nitrogens with zero attached hydrogens (tertiary/aromatic N) is 5. The molecule has 0 bridgehead atoms. The second-order valence-electron chi connectivity index (χ2n) is 9.12. The van der Waals surface area contributed by atoms with E-state index in [1.54, 1.807) is 4.57 Å². The third-order valence-electron chi connectivity index (χ3n) is 6.42. The highest BCUT2D eigenvalue weighted by molar-refractivity contribution is 8.00. The Bertz CT molecular complexity index is 1170. The molecule has 3 heterocycles. The Labute approximate surface area is 193 Å². The van der Waals surface area contributed by atoms with E-state index in [-0.39, 0.29) is 16.7 Å². The summed E-state index contributed by atoms with van der Waals surface area (Å²) in [4.78, 5) is 28.5. The number of hydrogen-bond acceptors (Lipinski definition) is 5. The van der Waals surface area contributed by atoms with Crippen molar-refractivity contribution in [2.45, 2.75) is 82.8 Å². The van der Waals surface area contributed by atoms with E-state index in [9.17, 15) is 9.59 Å². The van der Waals surface area contributed by atoms with E-state index < -0.39 is 0 Å². The van der Waals surface area contributed by atoms with Crippen LogP contribution >= 0.6 is 11.8 Å². The van der Waals surface area contributed by atoms with Gasteiger partial charge in [-0.3, -0.25) is 18.6 Å². The molecule has 1 aliphatic heterocycles. The first kappa shape index (κ1) is 22.8. The first-order valence-electron chi connectivity index (χ1n) is 11.8. The smallest absolute Gasteiger partial charge is 0.262 e. The molecule has 3 aromatic rings. The third-order valence-corrected chi connectivity index (χ3v) is 7.45. The molecule has 2 aromatic heterocycles. The molecular weight excluding hydrogens is 422 g/mol. The zero-order valence-corrected chi connectivity index (χ0v) is 20.3. The number of carbonyl (C=O) groups excluding carboxylic acids is 1. The van der Waals surface area contributed by atoms with Gasteiger partial charge >= 0.3 is 0 Å². The minimum Gasteiger partial charge on any atom is -0.339 e. The summed E-state index contributed by atoms with van der Waals surface area (Å²) in [6.07, 6.45) is 5.22. The van der Waals surface area contributed by atoms with E-state index in [2.05, 4.69) is 35.9 Å². The number of aryl methyl sites for hydroxylation is 1. The molecule has 1 fully saturated rings. The van der Waals surface area contributed by atoms with Gasteiger partial charge in [0.05, 0.1) is 16.2 Å². The Balaban J connectivity index is 1.72. The molecule has 1 aromatic carbocycles. The number of hydrogen-bond donors (Lipinski definition) is 0. The molecule has 32 heavy (non-hydrogen) atoms. The van der Waals surface area contributed by atoms with Gasteiger partial charge in [0.25, 0.3) is 5.56 Å². The maximum absolute atomic E-state index is 13.3. The van der Waals surface area contributed by atoms with Crippen LogP contribution in [0.25, 0.3) is 16.7 Å². The lowest BCUT2D eigenvalue weighted by molar-refractivity contribution is -0.134. The van der Waals surface area contributed by atoms with Gasteiger partial charge in [-0.05, 0) is 57.1 Å². The van der Waals surface area contributed by atoms with Crippen molar-refractivity contribution < 1.29 is 4.79 Å². The summed E-state index contributed by atoms with van der Waals surface area (Å²) in [5.74, 6) is 1.18. The van der Waals surface area contributed by atoms with Gasteiger partial charge in [0, 0.05) is 19.1 Å². The highest BCUT2D eigenvalue weighted by Gasteiger charge is 2.30. The van der Waals surface area contributed by atoms with E-state index in [4.69, 9.17) is 0 Å². The summed E-state index contributed by atoms with van der Waals surface area (Å²) in [5.41, 5.74) is 0.741. The SMILES string of the molecule is CCC1CCCCN1C(=O)C(C)Sc1nnc2n(CCC(C)C)c(=O)c3ccccc3n12. The maximum Gasteiger partial charge on any atom is 0.262 e. The molecule has 172 valence electrons. The fourth-order valence-corrected chi connectivity index (χ4v) is 5.48. The Morgan fingerprint density at radius 2 is 1.97 bits per heavy atom. The van der Waals surface area contributed by atoms with Crippen LogP contribution in [0.1, 0.15) is 59.8 Å². The molecule has 4 rings (SSSR count). The normalized spacial score (nSPS) is 18.0. The number of amides is 1. The molecule has 2 atom stereocenters. The first-order valence-corrected chi connectivity index (χ1v) is 12.6. The quantitative estimate of drug-likeness (QED) is 0.495. The molecule has 0 N–H and O–H groups in total. The number of carbonyl (C=O) groups is 1. The summed E-state index contributed by atoms with van der Waals surface area (Å²) in [5, 5.41) is 9.84. The average Bonchev–Trinajstić information content (AvgIpc) is 3.21. The molecule has 1 amide bonds. The molecule has 0 spiro atoms. The number of fused-ring (bicyclic) bond motifs is 3. The Morgan fingerprint density at radius 1 is 1.19 bits per heavy atom. The number of para-hydroxylation sites is 1. The predicted octanol–water partition coefficient (Wildman–Crippen LogP) is 4.36. The topological polar surface area (TPSA) is 72.5 Å². The minimum absolute atomic E-state index is 0.0408. The van der Waals surface area contributed by atoms with Crippen LogP contribution in [-0.4, -0.2) is 47.8 Å². The van der Waals surface area contributed by atoms with Crippen molar-refractivity contribution in [3.05, 3.63) is 34.6 Å². The van der Waals surface area contributed by atoms with Gasteiger partial charge < -0.3 is 4.90 Å². The zero-order valence-electron chi connectivity index (χ0n) is 19.5. The van der Waals surface area contributed by atoms with Crippen molar-refractivity contribution in [2.24, 2.45) is 5.92 Å². The molecule has 8 heteroatoms. The van der Waals surface area contributed by atoms with E-state index >= 15 is 0 Å². The molecular formula is C24H33N5O2S. The van der Waals surface area contributed by atoms with Gasteiger partial charge in [0.1, 0.15) is 0 Å². The second-order valence-corrected chi connectivity index (χ2v) is 10.4. The van der Waals surface area contributed by atoms with Gasteiger partial charge in [0.15, 0.2) is 5.16 Å². The fraction of sp³-hybridized carbons (Fsp3) is 0.583. The number of thioether (sulfide) groups is 1. The number of benzene rings is 1. The first-order chi connectivity index (χ1) is 15.4. The Morgan fingerprint density at radius 3 is 2.72 bits per heavy atom. The van der Waals surface area contributed by atoms with Crippen LogP contribution in [0.5, 0.6) is 0 Å². The van der Waals surface area contributed by atoms with Crippen molar-refractivity contribution in [3.63, 3.8) is 0 Å². The number of aromatic nitrogens is 4. The molecule has 1 saturated heterocycles. The van der Waals surface area contributed by atoms with Gasteiger partial charge in [-0.2, -0.15) is 0 Å². The van der Waals surface area contributed by atoms with Gasteiger partial charge in [0.2, 0.25) is 11.7 Å². The molecule has 0 radical (unpaired) electrons. The van der Waals surface area contributed by atoms with Crippen LogP contribution in [0.15, 0.2) is 34.2 Å². The fourth-order valence-electron chi connectivity index (χ4n) is 4.56. The molecule has 7 nitrogen and oxygen atoms in total. The van der Waals surface area contributed by atoms with E-state index in [1.165, 1.54) is 18.2 Å². The lowest BCUT2D eigenvalue weighted by atomic mass is 10.00. The monoisotopic (exact) mass is 455 g/mol. The summed E-state index contributed by atoms with van der Waals surface area (Å²) in [7, 11) is 0. The van der Waals surface area contributed by atoms with Crippen molar-refractivity contribution in [1.29, 1.82) is 0 Å². The van der Waals surface area contributed by atoms with Crippen LogP contribution in [0.4, 0.5) is 0 Å². The van der Waals surface area contributed by atoms with E-state index in [0.717, 1.165) is 37.7 Å². The molecule has 1 aliphatic rings. The number of rotatable bonds is 7. The summed E-state index contributed by atoms with van der Waals surface area (Å²) >= 11 is 1.43. The molecule has 0 aliphatic carbocycles. The van der Waals surface area contributed by atoms with Gasteiger partial charge in [-0.15, -0.1) is 10.2 Å². The predicted molar refractivity (Wildman–Crippen MR) is 129 cm³/mol. The van der Waals surface area contributed by atoms with Crippen molar-refractivity contribution in [1.82, 2.24) is 24.1 Å². The van der Waals surface area contributed by atoms with Crippen LogP contribution in [0.2, 0.25) is 0 Å². The van der Waals surface area contributed by atoms with Gasteiger partial charge in [-0.25, -0.2) is 0 Å². The Hall–Kier alpha value is -2.35. The highest BCUT2D eigenvalue weighted by Crippen LogP contribution is 2.29. The van der Waals surface area contributed by atoms with E-state index in [0.29, 0.717) is 34.8 Å². The van der Waals surface area contributed by atoms with Crippen molar-refractivity contribution in [2.75, 3.05) is 6.54 Å². The standard InChI is InChI=1S/C24H33N5O2S/c1-5-18-10-8-9-14-27(18)21(30)17(4)32-24-26-25-23-28(15-13-16(2)3)22(31)19-11-6-7-12-20(19)29(23)24/h6-7,11-12,16-18H,5,8-10,13-15H2,1-4H3. The van der Waals surface area contributed by atoms with Crippen LogP contribution in [0, 0.1) is 5.92 Å². The van der Waals surface area contributed by atoms with Crippen LogP contribution < -0.4 is 5.56 Å². The largest absolute Gasteiger partial charge is 0.339 e. The Kier molecular flexibility index (Phi) is 6.88. The third kappa shape index (κ3) is 4.29. The van der Waals surface area contributed by atoms with Gasteiger partial charge in [-0.1, -0.05) is 44.7 Å². The molecule has 0 saturated carbocycles. The maximum atomic E-state index is 13.3. The van der Waals surface area contributed by atoms with Crippen molar-refractivity contribution in [3.8, 4) is 0 Å². The highest BCUT2D eigenvalue weighted by atomic mass is 32.2. The number of likely N-dealkylation sites (tertiary alicyclic amines) is 1. The second kappa shape index (κ2) is 9.65. The zero-order chi connectivity index (χ0) is 22.8.